The van der Waals surface area contributed by atoms with Crippen molar-refractivity contribution < 1.29 is 22.3 Å². The molecule has 156 valence electrons. The van der Waals surface area contributed by atoms with E-state index < -0.39 is 15.8 Å². The van der Waals surface area contributed by atoms with E-state index in [2.05, 4.69) is 5.32 Å². The molecule has 0 aliphatic carbocycles. The summed E-state index contributed by atoms with van der Waals surface area (Å²) in [5, 5.41) is 2.71. The van der Waals surface area contributed by atoms with Gasteiger partial charge in [0.05, 0.1) is 12.0 Å². The lowest BCUT2D eigenvalue weighted by atomic mass is 10.2. The number of methoxy groups -OCH3 is 1. The number of ether oxygens (including phenoxy) is 1. The van der Waals surface area contributed by atoms with Crippen molar-refractivity contribution >= 4 is 22.0 Å². The summed E-state index contributed by atoms with van der Waals surface area (Å²) < 4.78 is 44.8. The maximum atomic E-state index is 13.7. The van der Waals surface area contributed by atoms with E-state index in [1.807, 2.05) is 0 Å². The highest BCUT2D eigenvalue weighted by molar-refractivity contribution is 7.89. The highest BCUT2D eigenvalue weighted by atomic mass is 32.2. The van der Waals surface area contributed by atoms with Gasteiger partial charge in [0.25, 0.3) is 0 Å². The zero-order chi connectivity index (χ0) is 21.4. The van der Waals surface area contributed by atoms with Gasteiger partial charge in [0, 0.05) is 25.7 Å². The number of nitrogens with zero attached hydrogens (tertiary/aromatic N) is 1. The largest absolute Gasteiger partial charge is 0.494 e. The van der Waals surface area contributed by atoms with E-state index in [0.717, 1.165) is 5.56 Å². The van der Waals surface area contributed by atoms with Crippen molar-refractivity contribution in [1.29, 1.82) is 0 Å². The number of rotatable bonds is 9. The molecule has 0 heterocycles. The van der Waals surface area contributed by atoms with E-state index in [4.69, 9.17) is 4.74 Å². The minimum absolute atomic E-state index is 0.137. The fourth-order valence-electron chi connectivity index (χ4n) is 2.70. The van der Waals surface area contributed by atoms with Gasteiger partial charge in [-0.2, -0.15) is 4.31 Å². The van der Waals surface area contributed by atoms with Crippen molar-refractivity contribution in [3.05, 3.63) is 65.5 Å². The van der Waals surface area contributed by atoms with Crippen molar-refractivity contribution in [2.24, 2.45) is 0 Å². The monoisotopic (exact) mass is 420 g/mol. The smallest absolute Gasteiger partial charge is 0.244 e. The van der Waals surface area contributed by atoms with Crippen molar-refractivity contribution in [2.45, 2.75) is 25.3 Å². The summed E-state index contributed by atoms with van der Waals surface area (Å²) in [5.41, 5.74) is 1.30. The van der Waals surface area contributed by atoms with Gasteiger partial charge in [-0.3, -0.25) is 4.79 Å². The number of carbonyl (C=O) groups is 1. The fourth-order valence-corrected chi connectivity index (χ4v) is 4.16. The summed E-state index contributed by atoms with van der Waals surface area (Å²) in [6, 6.07) is 10.8. The molecular weight excluding hydrogens is 395 g/mol. The van der Waals surface area contributed by atoms with Crippen LogP contribution >= 0.6 is 0 Å². The minimum Gasteiger partial charge on any atom is -0.494 e. The van der Waals surface area contributed by atoms with Gasteiger partial charge >= 0.3 is 0 Å². The van der Waals surface area contributed by atoms with Crippen molar-refractivity contribution in [1.82, 2.24) is 9.62 Å². The standard InChI is InChI=1S/C21H25FN2O4S/c1-4-24(5-2)29(26,27)18-10-6-17(7-11-18)15-23-21(25)13-9-16-8-12-20(28-3)19(22)14-16/h6-14H,4-5,15H2,1-3H3,(H,23,25)/b13-9+. The first-order valence-electron chi connectivity index (χ1n) is 9.20. The molecule has 0 atom stereocenters. The van der Waals surface area contributed by atoms with E-state index >= 15 is 0 Å². The molecule has 0 aromatic heterocycles. The first kappa shape index (κ1) is 22.6. The van der Waals surface area contributed by atoms with Crippen molar-refractivity contribution in [2.75, 3.05) is 20.2 Å². The summed E-state index contributed by atoms with van der Waals surface area (Å²) in [4.78, 5) is 12.2. The predicted octanol–water partition coefficient (Wildman–Crippen LogP) is 3.19. The van der Waals surface area contributed by atoms with Crippen LogP contribution in [0.3, 0.4) is 0 Å². The number of hydrogen-bond donors (Lipinski definition) is 1. The van der Waals surface area contributed by atoms with Gasteiger partial charge in [0.1, 0.15) is 0 Å². The van der Waals surface area contributed by atoms with Crippen LogP contribution in [-0.2, 0) is 21.4 Å². The van der Waals surface area contributed by atoms with Gasteiger partial charge in [-0.25, -0.2) is 12.8 Å². The molecule has 0 aliphatic rings. The SMILES string of the molecule is CCN(CC)S(=O)(=O)c1ccc(CNC(=O)/C=C/c2ccc(OC)c(F)c2)cc1. The summed E-state index contributed by atoms with van der Waals surface area (Å²) in [6.07, 6.45) is 2.80. The van der Waals surface area contributed by atoms with Crippen LogP contribution in [0.25, 0.3) is 6.08 Å². The second kappa shape index (κ2) is 10.2. The second-order valence-electron chi connectivity index (χ2n) is 6.18. The fraction of sp³-hybridized carbons (Fsp3) is 0.286. The molecule has 0 bridgehead atoms. The Morgan fingerprint density at radius 2 is 1.79 bits per heavy atom. The van der Waals surface area contributed by atoms with Crippen LogP contribution < -0.4 is 10.1 Å². The van der Waals surface area contributed by atoms with Gasteiger partial charge in [-0.15, -0.1) is 0 Å². The van der Waals surface area contributed by atoms with E-state index in [-0.39, 0.29) is 23.1 Å². The third kappa shape index (κ3) is 5.88. The Balaban J connectivity index is 1.96. The molecule has 2 aromatic rings. The Kier molecular flexibility index (Phi) is 7.92. The second-order valence-corrected chi connectivity index (χ2v) is 8.12. The topological polar surface area (TPSA) is 75.7 Å². The first-order valence-corrected chi connectivity index (χ1v) is 10.6. The van der Waals surface area contributed by atoms with Crippen LogP contribution in [0.1, 0.15) is 25.0 Å². The molecule has 0 fully saturated rings. The predicted molar refractivity (Wildman–Crippen MR) is 110 cm³/mol. The van der Waals surface area contributed by atoms with Crippen molar-refractivity contribution in [3.8, 4) is 5.75 Å². The first-order chi connectivity index (χ1) is 13.8. The summed E-state index contributed by atoms with van der Waals surface area (Å²) in [6.45, 7) is 4.63. The Morgan fingerprint density at radius 1 is 1.14 bits per heavy atom. The molecule has 0 radical (unpaired) electrons. The molecule has 1 amide bonds. The maximum absolute atomic E-state index is 13.7. The molecule has 0 aliphatic heterocycles. The molecule has 29 heavy (non-hydrogen) atoms. The van der Waals surface area contributed by atoms with Crippen LogP contribution in [0, 0.1) is 5.82 Å². The van der Waals surface area contributed by atoms with Crippen molar-refractivity contribution in [3.63, 3.8) is 0 Å². The number of nitrogens with one attached hydrogen (secondary N) is 1. The quantitative estimate of drug-likeness (QED) is 0.632. The lowest BCUT2D eigenvalue weighted by molar-refractivity contribution is -0.116. The Bertz CT molecular complexity index is 969. The molecule has 8 heteroatoms. The number of amides is 1. The third-order valence-corrected chi connectivity index (χ3v) is 6.40. The maximum Gasteiger partial charge on any atom is 0.244 e. The highest BCUT2D eigenvalue weighted by Crippen LogP contribution is 2.18. The molecule has 0 spiro atoms. The Hall–Kier alpha value is -2.71. The van der Waals surface area contributed by atoms with Gasteiger partial charge < -0.3 is 10.1 Å². The van der Waals surface area contributed by atoms with E-state index in [0.29, 0.717) is 18.7 Å². The third-order valence-electron chi connectivity index (χ3n) is 4.34. The minimum atomic E-state index is -3.50. The number of carbonyl (C=O) groups excluding carboxylic acids is 1. The van der Waals surface area contributed by atoms with E-state index in [1.165, 1.54) is 47.8 Å². The summed E-state index contributed by atoms with van der Waals surface area (Å²) in [5.74, 6) is -0.714. The van der Waals surface area contributed by atoms with Crippen LogP contribution in [0.4, 0.5) is 4.39 Å². The molecule has 1 N–H and O–H groups in total. The number of hydrogen-bond acceptors (Lipinski definition) is 4. The normalized spacial score (nSPS) is 11.8. The van der Waals surface area contributed by atoms with Gasteiger partial charge in [-0.1, -0.05) is 32.0 Å². The molecule has 0 saturated carbocycles. The zero-order valence-electron chi connectivity index (χ0n) is 16.7. The summed E-state index contributed by atoms with van der Waals surface area (Å²) in [7, 11) is -2.12. The Morgan fingerprint density at radius 3 is 2.34 bits per heavy atom. The molecule has 2 aromatic carbocycles. The van der Waals surface area contributed by atoms with Crippen LogP contribution in [-0.4, -0.2) is 38.8 Å². The average Bonchev–Trinajstić information content (AvgIpc) is 2.71. The lowest BCUT2D eigenvalue weighted by Gasteiger charge is -2.18. The molecular formula is C21H25FN2O4S. The number of halogens is 1. The van der Waals surface area contributed by atoms with Gasteiger partial charge in [0.2, 0.25) is 15.9 Å². The van der Waals surface area contributed by atoms with Crippen LogP contribution in [0.5, 0.6) is 5.75 Å². The van der Waals surface area contributed by atoms with Gasteiger partial charge in [0.15, 0.2) is 11.6 Å². The number of benzene rings is 2. The molecule has 2 rings (SSSR count). The Labute approximate surface area is 171 Å². The molecule has 6 nitrogen and oxygen atoms in total. The van der Waals surface area contributed by atoms with Crippen LogP contribution in [0.15, 0.2) is 53.4 Å². The van der Waals surface area contributed by atoms with Crippen LogP contribution in [0.2, 0.25) is 0 Å². The number of sulfonamides is 1. The highest BCUT2D eigenvalue weighted by Gasteiger charge is 2.21. The zero-order valence-corrected chi connectivity index (χ0v) is 17.5. The van der Waals surface area contributed by atoms with Gasteiger partial charge in [-0.05, 0) is 41.5 Å². The lowest BCUT2D eigenvalue weighted by Crippen LogP contribution is -2.30. The average molecular weight is 421 g/mol. The molecule has 0 unspecified atom stereocenters. The molecule has 0 saturated heterocycles. The summed E-state index contributed by atoms with van der Waals surface area (Å²) >= 11 is 0. The van der Waals surface area contributed by atoms with E-state index in [1.54, 1.807) is 32.0 Å². The van der Waals surface area contributed by atoms with E-state index in [9.17, 15) is 17.6 Å².